The topological polar surface area (TPSA) is 62.3 Å². The quantitative estimate of drug-likeness (QED) is 0.564. The lowest BCUT2D eigenvalue weighted by Gasteiger charge is -2.29. The minimum absolute atomic E-state index is 0.227. The molecule has 1 aliphatic carbocycles. The molecule has 0 amide bonds. The lowest BCUT2D eigenvalue weighted by molar-refractivity contribution is 0.0688. The van der Waals surface area contributed by atoms with Crippen LogP contribution in [0, 0.1) is 16.7 Å². The van der Waals surface area contributed by atoms with Crippen LogP contribution in [-0.2, 0) is 4.74 Å². The monoisotopic (exact) mass is 225 g/mol. The summed E-state index contributed by atoms with van der Waals surface area (Å²) in [6, 6.07) is 0. The third-order valence-electron chi connectivity index (χ3n) is 4.28. The van der Waals surface area contributed by atoms with Crippen LogP contribution in [0.4, 0.5) is 0 Å². The van der Waals surface area contributed by atoms with E-state index in [1.165, 1.54) is 25.7 Å². The minimum atomic E-state index is 0.227. The maximum atomic E-state index is 7.57. The summed E-state index contributed by atoms with van der Waals surface area (Å²) in [5.74, 6) is 0.795. The van der Waals surface area contributed by atoms with Crippen LogP contribution in [0.1, 0.15) is 32.6 Å². The van der Waals surface area contributed by atoms with Crippen molar-refractivity contribution >= 4 is 5.96 Å². The Kier molecular flexibility index (Phi) is 3.38. The maximum absolute atomic E-state index is 7.57. The highest BCUT2D eigenvalue weighted by Crippen LogP contribution is 2.48. The molecule has 0 aromatic carbocycles. The first-order valence-electron chi connectivity index (χ1n) is 6.35. The Bertz CT molecular complexity index is 261. The van der Waals surface area contributed by atoms with Gasteiger partial charge in [0.15, 0.2) is 5.96 Å². The molecule has 3 N–H and O–H groups in total. The summed E-state index contributed by atoms with van der Waals surface area (Å²) in [5.41, 5.74) is 6.00. The molecule has 0 aromatic heterocycles. The molecule has 4 nitrogen and oxygen atoms in total. The number of hydrogen-bond donors (Lipinski definition) is 2. The van der Waals surface area contributed by atoms with Crippen molar-refractivity contribution in [2.24, 2.45) is 17.1 Å². The van der Waals surface area contributed by atoms with Crippen molar-refractivity contribution < 1.29 is 4.74 Å². The first kappa shape index (κ1) is 11.7. The lowest BCUT2D eigenvalue weighted by atomic mass is 9.77. The molecule has 2 fully saturated rings. The molecule has 0 unspecified atom stereocenters. The highest BCUT2D eigenvalue weighted by molar-refractivity contribution is 5.75. The Morgan fingerprint density at radius 1 is 1.50 bits per heavy atom. The zero-order valence-corrected chi connectivity index (χ0v) is 10.2. The van der Waals surface area contributed by atoms with Gasteiger partial charge in [0.1, 0.15) is 0 Å². The van der Waals surface area contributed by atoms with Crippen molar-refractivity contribution in [2.45, 2.75) is 32.6 Å². The molecule has 1 atom stereocenters. The van der Waals surface area contributed by atoms with Gasteiger partial charge < -0.3 is 15.4 Å². The minimum Gasteiger partial charge on any atom is -0.381 e. The summed E-state index contributed by atoms with van der Waals surface area (Å²) in [5, 5.41) is 7.57. The summed E-state index contributed by atoms with van der Waals surface area (Å²) < 4.78 is 5.59. The normalized spacial score (nSPS) is 27.8. The van der Waals surface area contributed by atoms with E-state index in [1.54, 1.807) is 0 Å². The van der Waals surface area contributed by atoms with Gasteiger partial charge in [-0.05, 0) is 25.2 Å². The van der Waals surface area contributed by atoms with Crippen LogP contribution in [-0.4, -0.2) is 37.2 Å². The molecule has 92 valence electrons. The second-order valence-electron chi connectivity index (χ2n) is 5.19. The molecule has 0 aromatic rings. The third kappa shape index (κ3) is 2.03. The fourth-order valence-electron chi connectivity index (χ4n) is 3.35. The van der Waals surface area contributed by atoms with E-state index >= 15 is 0 Å². The van der Waals surface area contributed by atoms with E-state index in [0.29, 0.717) is 11.3 Å². The summed E-state index contributed by atoms with van der Waals surface area (Å²) >= 11 is 0. The van der Waals surface area contributed by atoms with E-state index in [9.17, 15) is 0 Å². The molecule has 1 spiro atoms. The number of ether oxygens (including phenoxy) is 1. The molecule has 1 aliphatic heterocycles. The summed E-state index contributed by atoms with van der Waals surface area (Å²) in [6.07, 6.45) is 5.23. The molecule has 2 aliphatic rings. The molecule has 0 bridgehead atoms. The van der Waals surface area contributed by atoms with Gasteiger partial charge in [0, 0.05) is 25.6 Å². The number of likely N-dealkylation sites (tertiary alicyclic amines) is 1. The van der Waals surface area contributed by atoms with Crippen LogP contribution < -0.4 is 5.73 Å². The smallest absolute Gasteiger partial charge is 0.188 e. The number of rotatable bonds is 3. The van der Waals surface area contributed by atoms with E-state index in [4.69, 9.17) is 15.9 Å². The second-order valence-corrected chi connectivity index (χ2v) is 5.19. The standard InChI is InChI=1S/C12H23N3O/c1-2-16-8-10-7-15(11(13)14)9-12(10)5-3-4-6-12/h10H,2-9H2,1H3,(H3,13,14)/t10-/m0/s1. The third-order valence-corrected chi connectivity index (χ3v) is 4.28. The van der Waals surface area contributed by atoms with Gasteiger partial charge in [0.05, 0.1) is 6.61 Å². The van der Waals surface area contributed by atoms with Gasteiger partial charge in [-0.1, -0.05) is 12.8 Å². The van der Waals surface area contributed by atoms with Gasteiger partial charge in [0.25, 0.3) is 0 Å². The Labute approximate surface area is 97.6 Å². The van der Waals surface area contributed by atoms with Crippen molar-refractivity contribution in [1.82, 2.24) is 4.90 Å². The van der Waals surface area contributed by atoms with E-state index in [0.717, 1.165) is 26.3 Å². The van der Waals surface area contributed by atoms with Gasteiger partial charge in [-0.25, -0.2) is 0 Å². The number of nitrogens with zero attached hydrogens (tertiary/aromatic N) is 1. The zero-order chi connectivity index (χ0) is 11.6. The van der Waals surface area contributed by atoms with Crippen LogP contribution >= 0.6 is 0 Å². The molecule has 4 heteroatoms. The van der Waals surface area contributed by atoms with E-state index in [-0.39, 0.29) is 5.96 Å². The van der Waals surface area contributed by atoms with Crippen molar-refractivity contribution in [3.05, 3.63) is 0 Å². The van der Waals surface area contributed by atoms with Gasteiger partial charge in [-0.3, -0.25) is 5.41 Å². The molecule has 0 radical (unpaired) electrons. The SMILES string of the molecule is CCOC[C@@H]1CN(C(=N)N)CC12CCCC2. The summed E-state index contributed by atoms with van der Waals surface area (Å²) in [7, 11) is 0. The van der Waals surface area contributed by atoms with Crippen molar-refractivity contribution in [3.8, 4) is 0 Å². The first-order chi connectivity index (χ1) is 7.68. The Morgan fingerprint density at radius 2 is 2.19 bits per heavy atom. The largest absolute Gasteiger partial charge is 0.381 e. The van der Waals surface area contributed by atoms with Crippen LogP contribution in [0.3, 0.4) is 0 Å². The van der Waals surface area contributed by atoms with Crippen LogP contribution in [0.2, 0.25) is 0 Å². The molecule has 2 rings (SSSR count). The molecular formula is C12H23N3O. The highest BCUT2D eigenvalue weighted by atomic mass is 16.5. The molecule has 16 heavy (non-hydrogen) atoms. The van der Waals surface area contributed by atoms with Crippen molar-refractivity contribution in [1.29, 1.82) is 5.41 Å². The number of nitrogens with two attached hydrogens (primary N) is 1. The van der Waals surface area contributed by atoms with Gasteiger partial charge in [-0.15, -0.1) is 0 Å². The molecule has 1 saturated heterocycles. The van der Waals surface area contributed by atoms with Gasteiger partial charge in [0.2, 0.25) is 0 Å². The number of nitrogens with one attached hydrogen (secondary N) is 1. The fraction of sp³-hybridized carbons (Fsp3) is 0.917. The summed E-state index contributed by atoms with van der Waals surface area (Å²) in [6.45, 7) is 5.54. The highest BCUT2D eigenvalue weighted by Gasteiger charge is 2.48. The molecule has 1 saturated carbocycles. The van der Waals surface area contributed by atoms with Crippen molar-refractivity contribution in [2.75, 3.05) is 26.3 Å². The van der Waals surface area contributed by atoms with Gasteiger partial charge in [-0.2, -0.15) is 0 Å². The van der Waals surface area contributed by atoms with Crippen LogP contribution in [0.5, 0.6) is 0 Å². The number of guanidine groups is 1. The molecular weight excluding hydrogens is 202 g/mol. The van der Waals surface area contributed by atoms with Crippen molar-refractivity contribution in [3.63, 3.8) is 0 Å². The van der Waals surface area contributed by atoms with Crippen LogP contribution in [0.15, 0.2) is 0 Å². The average molecular weight is 225 g/mol. The predicted molar refractivity (Wildman–Crippen MR) is 64.4 cm³/mol. The van der Waals surface area contributed by atoms with Gasteiger partial charge >= 0.3 is 0 Å². The Balaban J connectivity index is 2.04. The first-order valence-corrected chi connectivity index (χ1v) is 6.35. The van der Waals surface area contributed by atoms with Crippen LogP contribution in [0.25, 0.3) is 0 Å². The second kappa shape index (κ2) is 4.62. The predicted octanol–water partition coefficient (Wildman–Crippen LogP) is 1.41. The fourth-order valence-corrected chi connectivity index (χ4v) is 3.35. The molecule has 1 heterocycles. The maximum Gasteiger partial charge on any atom is 0.188 e. The van der Waals surface area contributed by atoms with E-state index in [2.05, 4.69) is 0 Å². The van der Waals surface area contributed by atoms with E-state index < -0.39 is 0 Å². The number of hydrogen-bond acceptors (Lipinski definition) is 2. The zero-order valence-electron chi connectivity index (χ0n) is 10.2. The average Bonchev–Trinajstić information content (AvgIpc) is 2.85. The lowest BCUT2D eigenvalue weighted by Crippen LogP contribution is -2.35. The summed E-state index contributed by atoms with van der Waals surface area (Å²) in [4.78, 5) is 2.02. The Hall–Kier alpha value is -0.770. The Morgan fingerprint density at radius 3 is 2.75 bits per heavy atom. The van der Waals surface area contributed by atoms with E-state index in [1.807, 2.05) is 11.8 Å².